The van der Waals surface area contributed by atoms with Gasteiger partial charge in [-0.05, 0) is 36.8 Å². The maximum Gasteiger partial charge on any atom is 0.302 e. The molecular formula is C25H29NO7. The summed E-state index contributed by atoms with van der Waals surface area (Å²) in [5.41, 5.74) is 1.29. The molecule has 2 aromatic carbocycles. The van der Waals surface area contributed by atoms with Gasteiger partial charge in [-0.3, -0.25) is 9.59 Å². The minimum atomic E-state index is -0.645. The molecule has 33 heavy (non-hydrogen) atoms. The second-order valence-corrected chi connectivity index (χ2v) is 7.52. The zero-order chi connectivity index (χ0) is 23.8. The molecule has 1 aliphatic rings. The molecule has 3 atom stereocenters. The lowest BCUT2D eigenvalue weighted by molar-refractivity contribution is -0.154. The Hall–Kier alpha value is -3.52. The Bertz CT molecular complexity index is 987. The average molecular weight is 456 g/mol. The second-order valence-electron chi connectivity index (χ2n) is 7.52. The quantitative estimate of drug-likeness (QED) is 0.454. The van der Waals surface area contributed by atoms with Crippen LogP contribution in [0.3, 0.4) is 0 Å². The second kappa shape index (κ2) is 11.4. The summed E-state index contributed by atoms with van der Waals surface area (Å²) < 4.78 is 27.4. The number of amides is 1. The molecule has 0 aliphatic carbocycles. The van der Waals surface area contributed by atoms with Crippen LogP contribution in [0.25, 0.3) is 0 Å². The number of carbonyl (C=O) groups is 2. The van der Waals surface area contributed by atoms with Crippen LogP contribution >= 0.6 is 0 Å². The monoisotopic (exact) mass is 455 g/mol. The average Bonchev–Trinajstić information content (AvgIpc) is 2.82. The van der Waals surface area contributed by atoms with Gasteiger partial charge in [0.15, 0.2) is 0 Å². The molecule has 0 spiro atoms. The SMILES string of the molecule is COc1ccc([C@H](C)NC(=O)c2ccc(OC)cc2OC2CC=CC(COC(C)=O)O2)cc1. The van der Waals surface area contributed by atoms with Crippen LogP contribution in [0.5, 0.6) is 17.2 Å². The number of benzene rings is 2. The third kappa shape index (κ3) is 6.73. The first-order valence-electron chi connectivity index (χ1n) is 10.6. The molecule has 8 nitrogen and oxygen atoms in total. The van der Waals surface area contributed by atoms with Gasteiger partial charge >= 0.3 is 5.97 Å². The molecule has 8 heteroatoms. The Balaban J connectivity index is 1.72. The van der Waals surface area contributed by atoms with E-state index in [9.17, 15) is 9.59 Å². The molecule has 3 rings (SSSR count). The lowest BCUT2D eigenvalue weighted by Gasteiger charge is -2.27. The maximum atomic E-state index is 13.1. The molecule has 0 bridgehead atoms. The van der Waals surface area contributed by atoms with Gasteiger partial charge in [0.25, 0.3) is 5.91 Å². The Morgan fingerprint density at radius 3 is 2.45 bits per heavy atom. The van der Waals surface area contributed by atoms with E-state index in [0.29, 0.717) is 23.5 Å². The zero-order valence-corrected chi connectivity index (χ0v) is 19.2. The summed E-state index contributed by atoms with van der Waals surface area (Å²) in [5, 5.41) is 2.99. The molecule has 1 heterocycles. The fourth-order valence-electron chi connectivity index (χ4n) is 3.31. The van der Waals surface area contributed by atoms with Crippen molar-refractivity contribution in [3.05, 3.63) is 65.7 Å². The third-order valence-corrected chi connectivity index (χ3v) is 5.11. The van der Waals surface area contributed by atoms with Gasteiger partial charge in [0.2, 0.25) is 6.29 Å². The van der Waals surface area contributed by atoms with Crippen molar-refractivity contribution in [1.82, 2.24) is 5.32 Å². The van der Waals surface area contributed by atoms with E-state index in [1.807, 2.05) is 43.3 Å². The summed E-state index contributed by atoms with van der Waals surface area (Å²) in [7, 11) is 3.15. The fourth-order valence-corrected chi connectivity index (χ4v) is 3.31. The molecule has 0 fully saturated rings. The van der Waals surface area contributed by atoms with E-state index in [1.54, 1.807) is 32.4 Å². The van der Waals surface area contributed by atoms with Gasteiger partial charge in [0.1, 0.15) is 30.0 Å². The Labute approximate surface area is 193 Å². The summed E-state index contributed by atoms with van der Waals surface area (Å²) in [6.45, 7) is 3.34. The van der Waals surface area contributed by atoms with Crippen LogP contribution in [0.4, 0.5) is 0 Å². The smallest absolute Gasteiger partial charge is 0.302 e. The highest BCUT2D eigenvalue weighted by Gasteiger charge is 2.24. The van der Waals surface area contributed by atoms with Gasteiger partial charge in [-0.25, -0.2) is 0 Å². The van der Waals surface area contributed by atoms with Crippen LogP contribution in [0, 0.1) is 0 Å². The van der Waals surface area contributed by atoms with Crippen molar-refractivity contribution in [1.29, 1.82) is 0 Å². The standard InChI is InChI=1S/C25H29NO7/c1-16(18-8-10-19(29-3)11-9-18)26-25(28)22-13-12-20(30-4)14-23(22)33-24-7-5-6-21(32-24)15-31-17(2)27/h5-6,8-14,16,21,24H,7,15H2,1-4H3,(H,26,28)/t16-,21?,24?/m0/s1. The summed E-state index contributed by atoms with van der Waals surface area (Å²) in [6, 6.07) is 12.3. The predicted octanol–water partition coefficient (Wildman–Crippen LogP) is 3.81. The molecule has 176 valence electrons. The van der Waals surface area contributed by atoms with Gasteiger partial charge in [0.05, 0.1) is 25.8 Å². The number of nitrogens with one attached hydrogen (secondary N) is 1. The molecule has 1 aliphatic heterocycles. The van der Waals surface area contributed by atoms with Crippen molar-refractivity contribution in [2.45, 2.75) is 38.7 Å². The number of rotatable bonds is 9. The minimum absolute atomic E-state index is 0.0938. The van der Waals surface area contributed by atoms with E-state index in [4.69, 9.17) is 23.7 Å². The fraction of sp³-hybridized carbons (Fsp3) is 0.360. The number of esters is 1. The van der Waals surface area contributed by atoms with Gasteiger partial charge in [-0.15, -0.1) is 0 Å². The molecule has 1 amide bonds. The van der Waals surface area contributed by atoms with Gasteiger partial charge < -0.3 is 29.0 Å². The first kappa shape index (κ1) is 24.1. The van der Waals surface area contributed by atoms with Crippen molar-refractivity contribution in [2.24, 2.45) is 0 Å². The zero-order valence-electron chi connectivity index (χ0n) is 19.2. The number of hydrogen-bond acceptors (Lipinski definition) is 7. The van der Waals surface area contributed by atoms with Crippen LogP contribution in [0.2, 0.25) is 0 Å². The van der Waals surface area contributed by atoms with Crippen LogP contribution in [-0.4, -0.2) is 45.1 Å². The van der Waals surface area contributed by atoms with Crippen LogP contribution in [0.15, 0.2) is 54.6 Å². The molecule has 2 aromatic rings. The first-order chi connectivity index (χ1) is 15.9. The molecule has 0 saturated carbocycles. The highest BCUT2D eigenvalue weighted by atomic mass is 16.7. The topological polar surface area (TPSA) is 92.3 Å². The van der Waals surface area contributed by atoms with Crippen molar-refractivity contribution in [3.63, 3.8) is 0 Å². The van der Waals surface area contributed by atoms with Crippen LogP contribution < -0.4 is 19.5 Å². The van der Waals surface area contributed by atoms with E-state index in [0.717, 1.165) is 11.3 Å². The number of hydrogen-bond donors (Lipinski definition) is 1. The van der Waals surface area contributed by atoms with Crippen molar-refractivity contribution in [3.8, 4) is 17.2 Å². The summed E-state index contributed by atoms with van der Waals surface area (Å²) in [6.07, 6.45) is 3.13. The Morgan fingerprint density at radius 2 is 1.79 bits per heavy atom. The molecular weight excluding hydrogens is 426 g/mol. The highest BCUT2D eigenvalue weighted by Crippen LogP contribution is 2.29. The summed E-state index contributed by atoms with van der Waals surface area (Å²) >= 11 is 0. The highest BCUT2D eigenvalue weighted by molar-refractivity contribution is 5.97. The molecule has 0 radical (unpaired) electrons. The van der Waals surface area contributed by atoms with E-state index in [-0.39, 0.29) is 24.5 Å². The minimum Gasteiger partial charge on any atom is -0.497 e. The number of methoxy groups -OCH3 is 2. The molecule has 2 unspecified atom stereocenters. The lowest BCUT2D eigenvalue weighted by atomic mass is 10.1. The molecule has 1 N–H and O–H groups in total. The van der Waals surface area contributed by atoms with Gasteiger partial charge in [-0.2, -0.15) is 0 Å². The third-order valence-electron chi connectivity index (χ3n) is 5.11. The lowest BCUT2D eigenvalue weighted by Crippen LogP contribution is -2.33. The maximum absolute atomic E-state index is 13.1. The molecule has 0 saturated heterocycles. The van der Waals surface area contributed by atoms with Crippen molar-refractivity contribution in [2.75, 3.05) is 20.8 Å². The normalized spacial score (nSPS) is 18.2. The number of carbonyl (C=O) groups excluding carboxylic acids is 2. The van der Waals surface area contributed by atoms with Crippen LogP contribution in [0.1, 0.15) is 42.2 Å². The largest absolute Gasteiger partial charge is 0.497 e. The first-order valence-corrected chi connectivity index (χ1v) is 10.6. The number of ether oxygens (including phenoxy) is 5. The van der Waals surface area contributed by atoms with E-state index < -0.39 is 12.4 Å². The van der Waals surface area contributed by atoms with Crippen molar-refractivity contribution < 1.29 is 33.3 Å². The summed E-state index contributed by atoms with van der Waals surface area (Å²) in [4.78, 5) is 24.2. The van der Waals surface area contributed by atoms with E-state index in [2.05, 4.69) is 5.32 Å². The van der Waals surface area contributed by atoms with Gasteiger partial charge in [0, 0.05) is 19.4 Å². The molecule has 0 aromatic heterocycles. The van der Waals surface area contributed by atoms with E-state index >= 15 is 0 Å². The van der Waals surface area contributed by atoms with E-state index in [1.165, 1.54) is 6.92 Å². The summed E-state index contributed by atoms with van der Waals surface area (Å²) in [5.74, 6) is 0.955. The van der Waals surface area contributed by atoms with Crippen molar-refractivity contribution >= 4 is 11.9 Å². The van der Waals surface area contributed by atoms with Gasteiger partial charge in [-0.1, -0.05) is 24.3 Å². The Morgan fingerprint density at radius 1 is 1.09 bits per heavy atom. The van der Waals surface area contributed by atoms with Crippen LogP contribution in [-0.2, 0) is 14.3 Å². The predicted molar refractivity (Wildman–Crippen MR) is 122 cm³/mol. The Kier molecular flexibility index (Phi) is 8.32.